The molecule has 8 nitrogen and oxygen atoms in total. The molecule has 4 saturated carbocycles. The molecule has 0 radical (unpaired) electrons. The Balaban J connectivity index is 1.48. The van der Waals surface area contributed by atoms with Crippen LogP contribution in [0.5, 0.6) is 0 Å². The fourth-order valence-corrected chi connectivity index (χ4v) is 6.64. The molecule has 0 aromatic rings. The molecule has 5 fully saturated rings. The quantitative estimate of drug-likeness (QED) is 0.407. The predicted molar refractivity (Wildman–Crippen MR) is 104 cm³/mol. The molecule has 194 valence electrons. The number of amides is 1. The van der Waals surface area contributed by atoms with Crippen molar-refractivity contribution in [2.45, 2.75) is 74.8 Å². The van der Waals surface area contributed by atoms with E-state index in [0.717, 1.165) is 13.3 Å². The van der Waals surface area contributed by atoms with Crippen molar-refractivity contribution in [1.82, 2.24) is 5.32 Å². The normalized spacial score (nSPS) is 34.2. The van der Waals surface area contributed by atoms with E-state index in [9.17, 15) is 40.0 Å². The molecule has 1 amide bonds. The maximum absolute atomic E-state index is 14.7. The first-order valence-corrected chi connectivity index (χ1v) is 12.5. The second-order valence-electron chi connectivity index (χ2n) is 9.76. The number of hydrogen-bond acceptors (Lipinski definition) is 7. The lowest BCUT2D eigenvalue weighted by Gasteiger charge is -2.53. The fraction of sp³-hybridized carbons (Fsp3) is 0.900. The Morgan fingerprint density at radius 1 is 1.15 bits per heavy atom. The summed E-state index contributed by atoms with van der Waals surface area (Å²) >= 11 is 0. The molecule has 0 aromatic heterocycles. The van der Waals surface area contributed by atoms with Crippen LogP contribution in [-0.4, -0.2) is 62.7 Å². The highest BCUT2D eigenvalue weighted by Gasteiger charge is 2.61. The van der Waals surface area contributed by atoms with E-state index in [1.54, 1.807) is 0 Å². The third-order valence-electron chi connectivity index (χ3n) is 7.28. The molecular weight excluding hydrogens is 493 g/mol. The van der Waals surface area contributed by atoms with E-state index in [4.69, 9.17) is 9.47 Å². The van der Waals surface area contributed by atoms with Crippen LogP contribution >= 0.6 is 0 Å². The number of ether oxygens (including phenoxy) is 2. The van der Waals surface area contributed by atoms with E-state index in [1.807, 2.05) is 5.32 Å². The van der Waals surface area contributed by atoms with Crippen LogP contribution in [0.25, 0.3) is 0 Å². The molecule has 4 aliphatic carbocycles. The molecule has 1 N–H and O–H groups in total. The molecule has 34 heavy (non-hydrogen) atoms. The largest absolute Gasteiger partial charge is 0.446 e. The van der Waals surface area contributed by atoms with E-state index in [0.29, 0.717) is 25.7 Å². The average molecular weight is 519 g/mol. The Morgan fingerprint density at radius 3 is 2.41 bits per heavy atom. The zero-order chi connectivity index (χ0) is 25.1. The van der Waals surface area contributed by atoms with Gasteiger partial charge in [0.15, 0.2) is 11.9 Å². The number of nitrogens with one attached hydrogen (secondary N) is 1. The third-order valence-corrected chi connectivity index (χ3v) is 8.58. The fourth-order valence-electron chi connectivity index (χ4n) is 5.75. The summed E-state index contributed by atoms with van der Waals surface area (Å²) in [6.07, 6.45) is -7.33. The monoisotopic (exact) mass is 519 g/mol. The zero-order valence-electron chi connectivity index (χ0n) is 18.3. The van der Waals surface area contributed by atoms with Gasteiger partial charge in [-0.05, 0) is 50.9 Å². The molecule has 4 bridgehead atoms. The van der Waals surface area contributed by atoms with Crippen molar-refractivity contribution in [3.8, 4) is 0 Å². The van der Waals surface area contributed by atoms with Gasteiger partial charge in [-0.2, -0.15) is 30.4 Å². The number of rotatable bonds is 7. The third kappa shape index (κ3) is 4.70. The minimum Gasteiger partial charge on any atom is -0.350 e. The number of hydrogen-bond donors (Lipinski definition) is 1. The summed E-state index contributed by atoms with van der Waals surface area (Å²) < 4.78 is 108. The molecule has 1 saturated heterocycles. The zero-order valence-corrected chi connectivity index (χ0v) is 19.1. The highest BCUT2D eigenvalue weighted by Crippen LogP contribution is 2.52. The highest BCUT2D eigenvalue weighted by atomic mass is 32.2. The lowest BCUT2D eigenvalue weighted by atomic mass is 9.53. The minimum atomic E-state index is -6.37. The van der Waals surface area contributed by atoms with Gasteiger partial charge >= 0.3 is 27.5 Å². The van der Waals surface area contributed by atoms with Crippen molar-refractivity contribution < 1.29 is 53.6 Å². The van der Waals surface area contributed by atoms with Gasteiger partial charge in [0.1, 0.15) is 5.78 Å². The number of ketones is 1. The van der Waals surface area contributed by atoms with Gasteiger partial charge in [0.2, 0.25) is 0 Å². The molecule has 0 aromatic carbocycles. The number of carbonyl (C=O) groups excluding carboxylic acids is 2. The van der Waals surface area contributed by atoms with Crippen LogP contribution in [0.2, 0.25) is 0 Å². The molecule has 0 spiro atoms. The number of carbonyl (C=O) groups is 2. The van der Waals surface area contributed by atoms with Crippen molar-refractivity contribution in [3.05, 3.63) is 0 Å². The Labute approximate surface area is 193 Å². The first-order valence-electron chi connectivity index (χ1n) is 11.1. The van der Waals surface area contributed by atoms with Crippen LogP contribution in [0.4, 0.5) is 22.0 Å². The second-order valence-corrected chi connectivity index (χ2v) is 11.4. The van der Waals surface area contributed by atoms with Crippen molar-refractivity contribution >= 4 is 21.8 Å². The van der Waals surface area contributed by atoms with Crippen molar-refractivity contribution in [3.63, 3.8) is 0 Å². The predicted octanol–water partition coefficient (Wildman–Crippen LogP) is 2.52. The van der Waals surface area contributed by atoms with Gasteiger partial charge in [0.25, 0.3) is 0 Å². The van der Waals surface area contributed by atoms with Gasteiger partial charge in [-0.25, -0.2) is 0 Å². The Bertz CT molecular complexity index is 934. The number of alkyl halides is 5. The molecule has 5 rings (SSSR count). The van der Waals surface area contributed by atoms with Crippen molar-refractivity contribution in [2.24, 2.45) is 23.7 Å². The molecule has 14 heteroatoms. The summed E-state index contributed by atoms with van der Waals surface area (Å²) in [6.45, 7) is 1.15. The summed E-state index contributed by atoms with van der Waals surface area (Å²) in [6, 6.07) is -0.991. The van der Waals surface area contributed by atoms with Gasteiger partial charge in [-0.3, -0.25) is 13.8 Å². The lowest BCUT2D eigenvalue weighted by Crippen LogP contribution is -2.62. The summed E-state index contributed by atoms with van der Waals surface area (Å²) in [5.41, 5.74) is 0. The van der Waals surface area contributed by atoms with E-state index >= 15 is 0 Å². The Hall–Kier alpha value is -1.38. The van der Waals surface area contributed by atoms with Crippen LogP contribution in [0.1, 0.15) is 45.4 Å². The second kappa shape index (κ2) is 8.63. The van der Waals surface area contributed by atoms with Gasteiger partial charge in [-0.1, -0.05) is 0 Å². The highest BCUT2D eigenvalue weighted by molar-refractivity contribution is 7.88. The van der Waals surface area contributed by atoms with Crippen LogP contribution in [-0.2, 0) is 33.4 Å². The minimum absolute atomic E-state index is 0.0244. The Kier molecular flexibility index (Phi) is 6.52. The number of halogens is 5. The summed E-state index contributed by atoms with van der Waals surface area (Å²) in [7, 11) is -6.37. The van der Waals surface area contributed by atoms with E-state index in [-0.39, 0.29) is 36.8 Å². The van der Waals surface area contributed by atoms with E-state index in [1.165, 1.54) is 0 Å². The first kappa shape index (κ1) is 25.7. The van der Waals surface area contributed by atoms with Crippen LogP contribution in [0.3, 0.4) is 0 Å². The SMILES string of the molecule is CC1(CC(OS(=O)(=O)C(F)(F)C(=O)NC2C3CC4CC(C3)C(=O)C2C4)C(F)(F)F)OCCCO1. The van der Waals surface area contributed by atoms with Crippen LogP contribution in [0.15, 0.2) is 0 Å². The molecule has 1 heterocycles. The Morgan fingerprint density at radius 2 is 1.79 bits per heavy atom. The maximum atomic E-state index is 14.7. The standard InChI is InChI=1S/C20H26F5NO7S/c1-18(31-3-2-4-32-18)9-14(19(21,22)23)33-34(29,30)20(24,25)17(28)26-15-11-5-10-6-12(8-11)16(27)13(15)7-10/h10-15H,2-9H2,1H3,(H,26,28). The maximum Gasteiger partial charge on any atom is 0.446 e. The van der Waals surface area contributed by atoms with Gasteiger partial charge in [0.05, 0.1) is 13.2 Å². The van der Waals surface area contributed by atoms with Gasteiger partial charge in [0, 0.05) is 24.3 Å². The average Bonchev–Trinajstić information content (AvgIpc) is 2.72. The molecule has 5 aliphatic rings. The molecule has 6 unspecified atom stereocenters. The van der Waals surface area contributed by atoms with E-state index in [2.05, 4.69) is 4.18 Å². The summed E-state index contributed by atoms with van der Waals surface area (Å²) in [5.74, 6) is -5.30. The van der Waals surface area contributed by atoms with Gasteiger partial charge < -0.3 is 14.8 Å². The molecular formula is C20H26F5NO7S. The molecule has 1 aliphatic heterocycles. The van der Waals surface area contributed by atoms with E-state index < -0.39 is 57.7 Å². The van der Waals surface area contributed by atoms with Crippen LogP contribution < -0.4 is 5.32 Å². The summed E-state index contributed by atoms with van der Waals surface area (Å²) in [4.78, 5) is 24.8. The van der Waals surface area contributed by atoms with Crippen LogP contribution in [0, 0.1) is 23.7 Å². The first-order chi connectivity index (χ1) is 15.6. The number of Topliss-reactive ketones (excluding diaryl/α,β-unsaturated/α-hetero) is 1. The smallest absolute Gasteiger partial charge is 0.350 e. The summed E-state index contributed by atoms with van der Waals surface area (Å²) in [5, 5.41) is -3.38. The lowest BCUT2D eigenvalue weighted by molar-refractivity contribution is -0.288. The molecule has 6 atom stereocenters. The van der Waals surface area contributed by atoms with Crippen molar-refractivity contribution in [2.75, 3.05) is 13.2 Å². The van der Waals surface area contributed by atoms with Crippen molar-refractivity contribution in [1.29, 1.82) is 0 Å². The van der Waals surface area contributed by atoms with Gasteiger partial charge in [-0.15, -0.1) is 0 Å². The topological polar surface area (TPSA) is 108 Å².